The molecule has 1 rings (SSSR count). The Kier molecular flexibility index (Phi) is 4.35. The first-order valence-electron chi connectivity index (χ1n) is 5.90. The van der Waals surface area contributed by atoms with Gasteiger partial charge in [-0.15, -0.1) is 0 Å². The molecule has 1 N–H and O–H groups in total. The lowest BCUT2D eigenvalue weighted by molar-refractivity contribution is 0.00601. The lowest BCUT2D eigenvalue weighted by Crippen LogP contribution is -2.45. The van der Waals surface area contributed by atoms with Gasteiger partial charge in [-0.3, -0.25) is 0 Å². The van der Waals surface area contributed by atoms with Crippen LogP contribution < -0.4 is 0 Å². The summed E-state index contributed by atoms with van der Waals surface area (Å²) in [5.74, 6) is 0. The summed E-state index contributed by atoms with van der Waals surface area (Å²) >= 11 is 0. The van der Waals surface area contributed by atoms with Crippen molar-refractivity contribution in [2.45, 2.75) is 57.8 Å². The van der Waals surface area contributed by atoms with Crippen LogP contribution in [0.25, 0.3) is 0 Å². The van der Waals surface area contributed by atoms with Crippen molar-refractivity contribution in [1.82, 2.24) is 4.90 Å². The number of nitrogens with zero attached hydrogens (tertiary/aromatic N) is 2. The van der Waals surface area contributed by atoms with Gasteiger partial charge in [0.1, 0.15) is 5.60 Å². The van der Waals surface area contributed by atoms with Crippen molar-refractivity contribution in [2.24, 2.45) is 0 Å². The van der Waals surface area contributed by atoms with Crippen LogP contribution in [0.15, 0.2) is 0 Å². The highest BCUT2D eigenvalue weighted by Crippen LogP contribution is 2.24. The van der Waals surface area contributed by atoms with Crippen molar-refractivity contribution in [2.75, 3.05) is 6.54 Å². The molecule has 0 spiro atoms. The van der Waals surface area contributed by atoms with Gasteiger partial charge in [-0.05, 0) is 33.6 Å². The Balaban J connectivity index is 2.63. The lowest BCUT2D eigenvalue weighted by Gasteiger charge is -2.30. The molecule has 0 aromatic heterocycles. The molecule has 0 radical (unpaired) electrons. The molecule has 2 atom stereocenters. The third-order valence-electron chi connectivity index (χ3n) is 2.67. The standard InChI is InChI=1S/C12H20N2O3/c1-12(2,3)17-11(16)14-8-4-5-9(14)10(15)6-7-13/h9-10,15H,4-6,8H2,1-3H3. The van der Waals surface area contributed by atoms with Gasteiger partial charge in [0.05, 0.1) is 24.6 Å². The average molecular weight is 240 g/mol. The van der Waals surface area contributed by atoms with E-state index in [9.17, 15) is 9.90 Å². The van der Waals surface area contributed by atoms with Gasteiger partial charge >= 0.3 is 6.09 Å². The van der Waals surface area contributed by atoms with Crippen molar-refractivity contribution in [3.05, 3.63) is 0 Å². The van der Waals surface area contributed by atoms with E-state index in [-0.39, 0.29) is 12.5 Å². The fourth-order valence-electron chi connectivity index (χ4n) is 1.97. The second-order valence-electron chi connectivity index (χ2n) is 5.31. The molecule has 1 saturated heterocycles. The van der Waals surface area contributed by atoms with E-state index in [1.54, 1.807) is 0 Å². The Labute approximate surface area is 102 Å². The summed E-state index contributed by atoms with van der Waals surface area (Å²) in [7, 11) is 0. The Morgan fingerprint density at radius 1 is 1.65 bits per heavy atom. The summed E-state index contributed by atoms with van der Waals surface area (Å²) in [6.45, 7) is 6.01. The van der Waals surface area contributed by atoms with Gasteiger partial charge in [-0.2, -0.15) is 5.26 Å². The maximum atomic E-state index is 11.9. The third kappa shape index (κ3) is 3.90. The molecule has 17 heavy (non-hydrogen) atoms. The number of carbonyl (C=O) groups excluding carboxylic acids is 1. The summed E-state index contributed by atoms with van der Waals surface area (Å²) in [5.41, 5.74) is -0.537. The van der Waals surface area contributed by atoms with E-state index >= 15 is 0 Å². The van der Waals surface area contributed by atoms with Crippen LogP contribution in [0.3, 0.4) is 0 Å². The van der Waals surface area contributed by atoms with Crippen LogP contribution in [0.2, 0.25) is 0 Å². The normalized spacial score (nSPS) is 22.1. The predicted molar refractivity (Wildman–Crippen MR) is 62.2 cm³/mol. The quantitative estimate of drug-likeness (QED) is 0.796. The smallest absolute Gasteiger partial charge is 0.410 e. The molecule has 0 aromatic carbocycles. The van der Waals surface area contributed by atoms with Crippen molar-refractivity contribution in [3.63, 3.8) is 0 Å². The van der Waals surface area contributed by atoms with Gasteiger partial charge in [-0.1, -0.05) is 0 Å². The number of hydrogen-bond acceptors (Lipinski definition) is 4. The van der Waals surface area contributed by atoms with E-state index in [0.29, 0.717) is 6.54 Å². The van der Waals surface area contributed by atoms with Gasteiger partial charge < -0.3 is 14.7 Å². The first-order chi connectivity index (χ1) is 7.85. The second kappa shape index (κ2) is 5.37. The van der Waals surface area contributed by atoms with E-state index in [4.69, 9.17) is 10.00 Å². The molecule has 0 aromatic rings. The molecule has 96 valence electrons. The Bertz CT molecular complexity index is 317. The van der Waals surface area contributed by atoms with Gasteiger partial charge in [0.25, 0.3) is 0 Å². The van der Waals surface area contributed by atoms with Gasteiger partial charge in [0, 0.05) is 6.54 Å². The molecule has 5 nitrogen and oxygen atoms in total. The molecule has 1 fully saturated rings. The lowest BCUT2D eigenvalue weighted by atomic mass is 10.1. The largest absolute Gasteiger partial charge is 0.444 e. The Morgan fingerprint density at radius 3 is 2.82 bits per heavy atom. The fraction of sp³-hybridized carbons (Fsp3) is 0.833. The maximum absolute atomic E-state index is 11.9. The van der Waals surface area contributed by atoms with E-state index in [0.717, 1.165) is 12.8 Å². The fourth-order valence-corrected chi connectivity index (χ4v) is 1.97. The van der Waals surface area contributed by atoms with Crippen LogP contribution in [-0.2, 0) is 4.74 Å². The monoisotopic (exact) mass is 240 g/mol. The van der Waals surface area contributed by atoms with Crippen molar-refractivity contribution in [1.29, 1.82) is 5.26 Å². The van der Waals surface area contributed by atoms with Crippen LogP contribution in [0.4, 0.5) is 4.79 Å². The van der Waals surface area contributed by atoms with Crippen LogP contribution >= 0.6 is 0 Å². The molecular weight excluding hydrogens is 220 g/mol. The number of rotatable bonds is 2. The molecule has 1 heterocycles. The SMILES string of the molecule is CC(C)(C)OC(=O)N1CCCC1C(O)CC#N. The maximum Gasteiger partial charge on any atom is 0.410 e. The number of ether oxygens (including phenoxy) is 1. The predicted octanol–water partition coefficient (Wildman–Crippen LogP) is 1.66. The zero-order valence-electron chi connectivity index (χ0n) is 10.6. The third-order valence-corrected chi connectivity index (χ3v) is 2.67. The first-order valence-corrected chi connectivity index (χ1v) is 5.90. The second-order valence-corrected chi connectivity index (χ2v) is 5.31. The Morgan fingerprint density at radius 2 is 2.29 bits per heavy atom. The summed E-state index contributed by atoms with van der Waals surface area (Å²) in [6.07, 6.45) is 0.422. The van der Waals surface area contributed by atoms with E-state index in [1.807, 2.05) is 26.8 Å². The number of carbonyl (C=O) groups is 1. The van der Waals surface area contributed by atoms with Crippen molar-refractivity contribution >= 4 is 6.09 Å². The van der Waals surface area contributed by atoms with E-state index < -0.39 is 17.8 Å². The summed E-state index contributed by atoms with van der Waals surface area (Å²) in [5, 5.41) is 18.4. The molecule has 1 amide bonds. The van der Waals surface area contributed by atoms with Gasteiger partial charge in [-0.25, -0.2) is 4.79 Å². The minimum Gasteiger partial charge on any atom is -0.444 e. The molecular formula is C12H20N2O3. The molecule has 0 saturated carbocycles. The van der Waals surface area contributed by atoms with Crippen LogP contribution in [0.5, 0.6) is 0 Å². The number of aliphatic hydroxyl groups is 1. The molecule has 5 heteroatoms. The molecule has 0 aliphatic carbocycles. The number of likely N-dealkylation sites (tertiary alicyclic amines) is 1. The van der Waals surface area contributed by atoms with Crippen LogP contribution in [-0.4, -0.2) is 40.4 Å². The molecule has 2 unspecified atom stereocenters. The number of aliphatic hydroxyl groups excluding tert-OH is 1. The zero-order chi connectivity index (χ0) is 13.1. The van der Waals surface area contributed by atoms with E-state index in [1.165, 1.54) is 4.90 Å². The highest BCUT2D eigenvalue weighted by molar-refractivity contribution is 5.69. The van der Waals surface area contributed by atoms with Crippen molar-refractivity contribution < 1.29 is 14.6 Å². The number of hydrogen-bond donors (Lipinski definition) is 1. The van der Waals surface area contributed by atoms with Crippen LogP contribution in [0, 0.1) is 11.3 Å². The molecule has 1 aliphatic rings. The highest BCUT2D eigenvalue weighted by atomic mass is 16.6. The minimum atomic E-state index is -0.782. The van der Waals surface area contributed by atoms with E-state index in [2.05, 4.69) is 0 Å². The molecule has 1 aliphatic heterocycles. The summed E-state index contributed by atoms with van der Waals surface area (Å²) in [6, 6.07) is 1.64. The van der Waals surface area contributed by atoms with Gasteiger partial charge in [0.2, 0.25) is 0 Å². The topological polar surface area (TPSA) is 73.6 Å². The van der Waals surface area contributed by atoms with Crippen LogP contribution in [0.1, 0.15) is 40.0 Å². The average Bonchev–Trinajstić information content (AvgIpc) is 2.63. The number of nitriles is 1. The molecule has 0 bridgehead atoms. The first kappa shape index (κ1) is 13.8. The summed E-state index contributed by atoms with van der Waals surface area (Å²) in [4.78, 5) is 13.4. The van der Waals surface area contributed by atoms with Crippen molar-refractivity contribution in [3.8, 4) is 6.07 Å². The highest BCUT2D eigenvalue weighted by Gasteiger charge is 2.36. The zero-order valence-corrected chi connectivity index (χ0v) is 10.6. The minimum absolute atomic E-state index is 0.0456. The van der Waals surface area contributed by atoms with Gasteiger partial charge in [0.15, 0.2) is 0 Å². The Hall–Kier alpha value is -1.28. The number of amides is 1. The summed E-state index contributed by atoms with van der Waals surface area (Å²) < 4.78 is 5.27.